The lowest BCUT2D eigenvalue weighted by atomic mass is 10.2. The first-order valence-electron chi connectivity index (χ1n) is 9.63. The van der Waals surface area contributed by atoms with E-state index in [0.29, 0.717) is 5.00 Å². The molecule has 0 spiro atoms. The fourth-order valence-corrected chi connectivity index (χ4v) is 4.17. The third-order valence-electron chi connectivity index (χ3n) is 4.34. The van der Waals surface area contributed by atoms with Gasteiger partial charge in [-0.3, -0.25) is 28.5 Å². The van der Waals surface area contributed by atoms with E-state index in [0.717, 1.165) is 48.0 Å². The lowest BCUT2D eigenvalue weighted by Gasteiger charge is -2.07. The van der Waals surface area contributed by atoms with E-state index < -0.39 is 27.7 Å². The molecule has 0 aliphatic heterocycles. The summed E-state index contributed by atoms with van der Waals surface area (Å²) in [5.74, 6) is -1.43. The maximum absolute atomic E-state index is 13.8. The molecule has 12 nitrogen and oxygen atoms in total. The lowest BCUT2D eigenvalue weighted by molar-refractivity contribution is -0.385. The molecular formula is C21H14FN7O5S2. The van der Waals surface area contributed by atoms with Crippen molar-refractivity contribution < 1.29 is 14.1 Å². The Morgan fingerprint density at radius 1 is 0.972 bits per heavy atom. The number of ether oxygens (including phenoxy) is 1. The molecule has 0 unspecified atom stereocenters. The molecule has 4 N–H and O–H groups in total. The predicted octanol–water partition coefficient (Wildman–Crippen LogP) is 4.16. The Hall–Kier alpha value is -4.99. The zero-order valence-electron chi connectivity index (χ0n) is 18.1. The van der Waals surface area contributed by atoms with Crippen LogP contribution in [0.4, 0.5) is 31.5 Å². The van der Waals surface area contributed by atoms with Crippen LogP contribution >= 0.6 is 23.1 Å². The maximum Gasteiger partial charge on any atom is 0.316 e. The van der Waals surface area contributed by atoms with Gasteiger partial charge >= 0.3 is 5.69 Å². The number of aromatic amines is 2. The van der Waals surface area contributed by atoms with Crippen molar-refractivity contribution in [2.45, 2.75) is 0 Å². The highest BCUT2D eigenvalue weighted by Crippen LogP contribution is 2.34. The summed E-state index contributed by atoms with van der Waals surface area (Å²) in [6.07, 6.45) is 0. The number of rotatable bonds is 6. The molecule has 0 saturated carbocycles. The molecule has 4 aromatic rings. The number of nitro benzene ring substituents is 1. The Bertz CT molecular complexity index is 1600. The number of H-pyrrole nitrogens is 2. The zero-order chi connectivity index (χ0) is 26.2. The average molecular weight is 528 g/mol. The van der Waals surface area contributed by atoms with E-state index in [4.69, 9.17) is 10.5 Å². The topological polar surface area (TPSA) is 190 Å². The number of methoxy groups -OCH3 is 1. The van der Waals surface area contributed by atoms with Crippen molar-refractivity contribution >= 4 is 50.1 Å². The van der Waals surface area contributed by atoms with Crippen molar-refractivity contribution in [2.24, 2.45) is 0 Å². The first-order valence-corrected chi connectivity index (χ1v) is 11.3. The molecule has 2 aromatic carbocycles. The first-order chi connectivity index (χ1) is 17.3. The molecule has 0 aliphatic carbocycles. The van der Waals surface area contributed by atoms with Crippen LogP contribution in [0.2, 0.25) is 0 Å². The Labute approximate surface area is 209 Å². The van der Waals surface area contributed by atoms with Gasteiger partial charge in [-0.05, 0) is 35.2 Å². The molecule has 2 aromatic heterocycles. The van der Waals surface area contributed by atoms with Crippen molar-refractivity contribution in [3.63, 3.8) is 0 Å². The number of nitro groups is 1. The second-order valence-electron chi connectivity index (χ2n) is 6.58. The van der Waals surface area contributed by atoms with Crippen molar-refractivity contribution in [1.29, 1.82) is 10.5 Å². The van der Waals surface area contributed by atoms with Crippen LogP contribution in [0.1, 0.15) is 11.1 Å². The largest absolute Gasteiger partial charge is 0.488 e. The molecule has 0 amide bonds. The van der Waals surface area contributed by atoms with Gasteiger partial charge in [0, 0.05) is 23.5 Å². The van der Waals surface area contributed by atoms with Gasteiger partial charge in [0.15, 0.2) is 16.9 Å². The van der Waals surface area contributed by atoms with E-state index >= 15 is 0 Å². The number of para-hydroxylation sites is 1. The van der Waals surface area contributed by atoms with Crippen LogP contribution in [0.3, 0.4) is 0 Å². The zero-order valence-corrected chi connectivity index (χ0v) is 19.8. The summed E-state index contributed by atoms with van der Waals surface area (Å²) in [6.45, 7) is 0. The van der Waals surface area contributed by atoms with Crippen molar-refractivity contribution in [1.82, 2.24) is 8.75 Å². The van der Waals surface area contributed by atoms with Crippen molar-refractivity contribution in [3.8, 4) is 17.9 Å². The van der Waals surface area contributed by atoms with Crippen LogP contribution in [0.5, 0.6) is 5.75 Å². The summed E-state index contributed by atoms with van der Waals surface area (Å²) in [4.78, 5) is 32.5. The molecular weight excluding hydrogens is 513 g/mol. The molecule has 0 saturated heterocycles. The van der Waals surface area contributed by atoms with Gasteiger partial charge in [-0.1, -0.05) is 18.2 Å². The summed E-state index contributed by atoms with van der Waals surface area (Å²) in [5.41, 5.74) is -0.686. The number of anilines is 4. The standard InChI is InChI=1S/C11H7FN4O4S.C10H7N3OS/c1-20-9-7(12)2-5(3-8(9)16(18)19)14-11-6(4-13)10(17)15-21-11;11-6-8-9(14)13-15-10(8)12-7-4-2-1-3-5-7/h2-3,14H,1H3,(H,15,17);1-5,12H,(H,13,14). The Kier molecular flexibility index (Phi) is 8.14. The first kappa shape index (κ1) is 25.6. The molecule has 0 atom stereocenters. The van der Waals surface area contributed by atoms with Gasteiger partial charge in [0.1, 0.15) is 22.1 Å². The smallest absolute Gasteiger partial charge is 0.316 e. The molecule has 0 aliphatic rings. The SMILES string of the molecule is COc1c(F)cc(Nc2s[nH]c(=O)c2C#N)cc1[N+](=O)[O-].N#Cc1c(Nc2ccccc2)s[nH]c1=O. The van der Waals surface area contributed by atoms with Gasteiger partial charge in [-0.15, -0.1) is 0 Å². The highest BCUT2D eigenvalue weighted by molar-refractivity contribution is 7.10. The highest BCUT2D eigenvalue weighted by atomic mass is 32.1. The van der Waals surface area contributed by atoms with Gasteiger partial charge in [-0.2, -0.15) is 10.5 Å². The van der Waals surface area contributed by atoms with Crippen molar-refractivity contribution in [3.05, 3.63) is 90.2 Å². The van der Waals surface area contributed by atoms with Crippen LogP contribution < -0.4 is 26.5 Å². The number of benzene rings is 2. The molecule has 2 heterocycles. The molecule has 0 radical (unpaired) electrons. The summed E-state index contributed by atoms with van der Waals surface area (Å²) in [6, 6.07) is 15.0. The monoisotopic (exact) mass is 527 g/mol. The fourth-order valence-electron chi connectivity index (χ4n) is 2.76. The fraction of sp³-hybridized carbons (Fsp3) is 0.0476. The van der Waals surface area contributed by atoms with E-state index in [-0.39, 0.29) is 27.4 Å². The minimum Gasteiger partial charge on any atom is -0.488 e. The number of aromatic nitrogens is 2. The molecule has 182 valence electrons. The second kappa shape index (κ2) is 11.4. The number of nitriles is 2. The maximum atomic E-state index is 13.8. The van der Waals surface area contributed by atoms with Gasteiger partial charge in [0.05, 0.1) is 12.0 Å². The summed E-state index contributed by atoms with van der Waals surface area (Å²) in [7, 11) is 1.12. The Balaban J connectivity index is 0.000000212. The van der Waals surface area contributed by atoms with E-state index in [1.165, 1.54) is 0 Å². The number of nitrogens with zero attached hydrogens (tertiary/aromatic N) is 3. The highest BCUT2D eigenvalue weighted by Gasteiger charge is 2.22. The van der Waals surface area contributed by atoms with E-state index in [2.05, 4.69) is 24.1 Å². The van der Waals surface area contributed by atoms with Gasteiger partial charge < -0.3 is 15.4 Å². The van der Waals surface area contributed by atoms with Crippen LogP contribution in [0.15, 0.2) is 52.1 Å². The lowest BCUT2D eigenvalue weighted by Crippen LogP contribution is -2.03. The molecule has 36 heavy (non-hydrogen) atoms. The van der Waals surface area contributed by atoms with Gasteiger partial charge in [0.25, 0.3) is 11.1 Å². The van der Waals surface area contributed by atoms with Gasteiger partial charge in [-0.25, -0.2) is 4.39 Å². The van der Waals surface area contributed by atoms with Crippen LogP contribution in [-0.2, 0) is 0 Å². The minimum absolute atomic E-state index is 0.0201. The number of halogens is 1. The van der Waals surface area contributed by atoms with E-state index in [1.807, 2.05) is 36.4 Å². The molecule has 0 bridgehead atoms. The van der Waals surface area contributed by atoms with Crippen LogP contribution in [0, 0.1) is 38.6 Å². The summed E-state index contributed by atoms with van der Waals surface area (Å²) < 4.78 is 23.2. The van der Waals surface area contributed by atoms with Gasteiger partial charge in [0.2, 0.25) is 5.75 Å². The molecule has 15 heteroatoms. The van der Waals surface area contributed by atoms with E-state index in [9.17, 15) is 24.1 Å². The van der Waals surface area contributed by atoms with E-state index in [1.54, 1.807) is 6.07 Å². The average Bonchev–Trinajstić information content (AvgIpc) is 3.40. The Morgan fingerprint density at radius 2 is 1.50 bits per heavy atom. The van der Waals surface area contributed by atoms with Crippen LogP contribution in [0.25, 0.3) is 0 Å². The van der Waals surface area contributed by atoms with Crippen LogP contribution in [-0.4, -0.2) is 20.8 Å². The third-order valence-corrected chi connectivity index (χ3v) is 5.93. The predicted molar refractivity (Wildman–Crippen MR) is 132 cm³/mol. The molecule has 0 fully saturated rings. The third kappa shape index (κ3) is 5.73. The minimum atomic E-state index is -0.935. The Morgan fingerprint density at radius 3 is 1.97 bits per heavy atom. The molecule has 4 rings (SSSR count). The summed E-state index contributed by atoms with van der Waals surface area (Å²) >= 11 is 1.96. The normalized spacial score (nSPS) is 9.78. The van der Waals surface area contributed by atoms with Crippen molar-refractivity contribution in [2.75, 3.05) is 17.7 Å². The number of hydrogen-bond donors (Lipinski definition) is 4. The number of hydrogen-bond acceptors (Lipinski definition) is 11. The second-order valence-corrected chi connectivity index (χ2v) is 8.21. The number of nitrogens with one attached hydrogen (secondary N) is 4. The summed E-state index contributed by atoms with van der Waals surface area (Å²) in [5, 5.41) is 34.8. The quantitative estimate of drug-likeness (QED) is 0.211.